The number of rotatable bonds is 8. The molecule has 0 amide bonds. The summed E-state index contributed by atoms with van der Waals surface area (Å²) in [5.41, 5.74) is 4.32. The molecular weight excluding hydrogens is 362 g/mol. The molecule has 29 heavy (non-hydrogen) atoms. The van der Waals surface area contributed by atoms with E-state index in [1.54, 1.807) is 6.33 Å². The molecule has 0 radical (unpaired) electrons. The summed E-state index contributed by atoms with van der Waals surface area (Å²) in [6.45, 7) is 4.47. The first kappa shape index (κ1) is 18.9. The van der Waals surface area contributed by atoms with Crippen molar-refractivity contribution in [3.05, 3.63) is 73.1 Å². The van der Waals surface area contributed by atoms with E-state index < -0.39 is 0 Å². The fraction of sp³-hybridized carbons (Fsp3) is 0.273. The summed E-state index contributed by atoms with van der Waals surface area (Å²) in [5, 5.41) is 14.6. The third kappa shape index (κ3) is 4.18. The maximum Gasteiger partial charge on any atom is 0.155 e. The summed E-state index contributed by atoms with van der Waals surface area (Å²) >= 11 is 0. The topological polar surface area (TPSA) is 84.3 Å². The van der Waals surface area contributed by atoms with Gasteiger partial charge in [0, 0.05) is 16.9 Å². The molecule has 0 spiro atoms. The molecule has 0 fully saturated rings. The van der Waals surface area contributed by atoms with E-state index in [1.165, 1.54) is 11.9 Å². The lowest BCUT2D eigenvalue weighted by Crippen LogP contribution is -2.20. The Kier molecular flexibility index (Phi) is 5.65. The number of nitrogens with one attached hydrogen (secondary N) is 2. The van der Waals surface area contributed by atoms with Crippen LogP contribution in [0.3, 0.4) is 0 Å². The predicted molar refractivity (Wildman–Crippen MR) is 114 cm³/mol. The van der Waals surface area contributed by atoms with Gasteiger partial charge >= 0.3 is 0 Å². The van der Waals surface area contributed by atoms with Gasteiger partial charge in [0.1, 0.15) is 19.0 Å². The third-order valence-electron chi connectivity index (χ3n) is 5.33. The summed E-state index contributed by atoms with van der Waals surface area (Å²) in [5.74, 6) is 1.28. The summed E-state index contributed by atoms with van der Waals surface area (Å²) < 4.78 is 1.97. The van der Waals surface area contributed by atoms with Gasteiger partial charge in [0.2, 0.25) is 0 Å². The molecule has 4 rings (SSSR count). The average molecular weight is 387 g/mol. The van der Waals surface area contributed by atoms with Crippen molar-refractivity contribution < 1.29 is 0 Å². The molecule has 0 aliphatic rings. The van der Waals surface area contributed by atoms with Crippen LogP contribution in [0, 0.1) is 5.92 Å². The highest BCUT2D eigenvalue weighted by Gasteiger charge is 2.23. The Hall–Kier alpha value is -3.48. The van der Waals surface area contributed by atoms with Crippen LogP contribution in [0.1, 0.15) is 38.3 Å². The van der Waals surface area contributed by atoms with E-state index in [9.17, 15) is 0 Å². The Morgan fingerprint density at radius 1 is 0.931 bits per heavy atom. The van der Waals surface area contributed by atoms with Gasteiger partial charge in [0.15, 0.2) is 5.82 Å². The summed E-state index contributed by atoms with van der Waals surface area (Å²) in [4.78, 5) is 8.32. The number of hydrogen-bond donors (Lipinski definition) is 2. The molecule has 0 aliphatic heterocycles. The van der Waals surface area contributed by atoms with E-state index in [1.807, 2.05) is 35.3 Å². The summed E-state index contributed by atoms with van der Waals surface area (Å²) in [6.07, 6.45) is 7.12. The quantitative estimate of drug-likeness (QED) is 0.452. The van der Waals surface area contributed by atoms with Crippen LogP contribution >= 0.6 is 0 Å². The first-order valence-electron chi connectivity index (χ1n) is 9.95. The minimum absolute atomic E-state index is 0.197. The molecule has 2 aromatic heterocycles. The smallest absolute Gasteiger partial charge is 0.155 e. The second kappa shape index (κ2) is 8.68. The Morgan fingerprint density at radius 3 is 2.17 bits per heavy atom. The van der Waals surface area contributed by atoms with E-state index >= 15 is 0 Å². The van der Waals surface area contributed by atoms with Crippen LogP contribution in [-0.2, 0) is 0 Å². The van der Waals surface area contributed by atoms with Crippen LogP contribution in [0.4, 0.5) is 11.4 Å². The second-order valence-electron chi connectivity index (χ2n) is 7.06. The number of H-pyrrole nitrogens is 1. The number of anilines is 2. The molecule has 2 heterocycles. The highest BCUT2D eigenvalue weighted by molar-refractivity contribution is 5.64. The van der Waals surface area contributed by atoms with Crippen LogP contribution in [0.2, 0.25) is 0 Å². The lowest BCUT2D eigenvalue weighted by molar-refractivity contribution is 0.332. The molecule has 0 bridgehead atoms. The van der Waals surface area contributed by atoms with Crippen molar-refractivity contribution in [1.29, 1.82) is 0 Å². The predicted octanol–water partition coefficient (Wildman–Crippen LogP) is 4.83. The Balaban J connectivity index is 1.51. The molecule has 148 valence electrons. The van der Waals surface area contributed by atoms with Gasteiger partial charge in [0.25, 0.3) is 0 Å². The molecule has 0 saturated heterocycles. The van der Waals surface area contributed by atoms with Gasteiger partial charge in [0.05, 0.1) is 6.04 Å². The largest absolute Gasteiger partial charge is 0.356 e. The molecule has 0 saturated carbocycles. The van der Waals surface area contributed by atoms with Crippen LogP contribution in [0.25, 0.3) is 11.4 Å². The zero-order chi connectivity index (χ0) is 20.1. The number of aromatic amines is 1. The van der Waals surface area contributed by atoms with Gasteiger partial charge in [-0.3, -0.25) is 5.10 Å². The highest BCUT2D eigenvalue weighted by atomic mass is 15.3. The van der Waals surface area contributed by atoms with E-state index in [0.29, 0.717) is 5.92 Å². The zero-order valence-corrected chi connectivity index (χ0v) is 16.7. The second-order valence-corrected chi connectivity index (χ2v) is 7.06. The van der Waals surface area contributed by atoms with Gasteiger partial charge in [-0.15, -0.1) is 0 Å². The van der Waals surface area contributed by atoms with E-state index in [4.69, 9.17) is 0 Å². The van der Waals surface area contributed by atoms with Crippen molar-refractivity contribution in [3.63, 3.8) is 0 Å². The van der Waals surface area contributed by atoms with Crippen molar-refractivity contribution >= 4 is 11.4 Å². The Morgan fingerprint density at radius 2 is 1.62 bits per heavy atom. The number of hydrogen-bond acceptors (Lipinski definition) is 5. The molecule has 0 aliphatic carbocycles. The van der Waals surface area contributed by atoms with Crippen molar-refractivity contribution in [3.8, 4) is 11.4 Å². The number of benzene rings is 2. The van der Waals surface area contributed by atoms with E-state index in [0.717, 1.165) is 35.6 Å². The first-order chi connectivity index (χ1) is 14.3. The molecule has 4 aromatic rings. The summed E-state index contributed by atoms with van der Waals surface area (Å²) in [6, 6.07) is 16.9. The maximum atomic E-state index is 4.41. The molecule has 7 nitrogen and oxygen atoms in total. The minimum atomic E-state index is 0.197. The fourth-order valence-corrected chi connectivity index (χ4v) is 3.72. The molecule has 7 heteroatoms. The van der Waals surface area contributed by atoms with Gasteiger partial charge in [-0.2, -0.15) is 10.2 Å². The van der Waals surface area contributed by atoms with Gasteiger partial charge in [-0.05, 0) is 47.9 Å². The third-order valence-corrected chi connectivity index (χ3v) is 5.33. The molecule has 2 N–H and O–H groups in total. The van der Waals surface area contributed by atoms with Crippen molar-refractivity contribution in [2.75, 3.05) is 5.32 Å². The molecule has 1 unspecified atom stereocenters. The highest BCUT2D eigenvalue weighted by Crippen LogP contribution is 2.31. The van der Waals surface area contributed by atoms with Crippen molar-refractivity contribution in [2.45, 2.75) is 32.7 Å². The van der Waals surface area contributed by atoms with Crippen LogP contribution in [-0.4, -0.2) is 29.9 Å². The van der Waals surface area contributed by atoms with Gasteiger partial charge in [-0.1, -0.05) is 38.8 Å². The molecular formula is C22H25N7. The van der Waals surface area contributed by atoms with Crippen molar-refractivity contribution in [1.82, 2.24) is 29.9 Å². The normalized spacial score (nSPS) is 12.2. The maximum absolute atomic E-state index is 4.41. The SMILES string of the molecule is CCC(CC)C(c1ccc(Nc2ccc(-c3ncn[nH]3)cc2)cc1)n1cncn1. The molecule has 1 atom stereocenters. The van der Waals surface area contributed by atoms with Gasteiger partial charge < -0.3 is 5.32 Å². The molecule has 2 aromatic carbocycles. The van der Waals surface area contributed by atoms with Crippen LogP contribution in [0.5, 0.6) is 0 Å². The zero-order valence-electron chi connectivity index (χ0n) is 16.7. The number of nitrogens with zero attached hydrogens (tertiary/aromatic N) is 5. The van der Waals surface area contributed by atoms with E-state index in [-0.39, 0.29) is 6.04 Å². The lowest BCUT2D eigenvalue weighted by atomic mass is 9.89. The number of aromatic nitrogens is 6. The fourth-order valence-electron chi connectivity index (χ4n) is 3.72. The van der Waals surface area contributed by atoms with E-state index in [2.05, 4.69) is 68.7 Å². The van der Waals surface area contributed by atoms with Crippen LogP contribution < -0.4 is 5.32 Å². The standard InChI is InChI=1S/C22H25N7/c1-3-16(4-2)21(29-15-23-13-26-29)17-5-9-19(10-6-17)27-20-11-7-18(8-12-20)22-24-14-25-28-22/h5-16,21,27H,3-4H2,1-2H3,(H,24,25,28). The van der Waals surface area contributed by atoms with Gasteiger partial charge in [-0.25, -0.2) is 14.6 Å². The Bertz CT molecular complexity index is 987. The monoisotopic (exact) mass is 387 g/mol. The summed E-state index contributed by atoms with van der Waals surface area (Å²) in [7, 11) is 0. The average Bonchev–Trinajstić information content (AvgIpc) is 3.48. The minimum Gasteiger partial charge on any atom is -0.356 e. The van der Waals surface area contributed by atoms with Crippen LogP contribution in [0.15, 0.2) is 67.5 Å². The van der Waals surface area contributed by atoms with Crippen molar-refractivity contribution in [2.24, 2.45) is 5.92 Å². The first-order valence-corrected chi connectivity index (χ1v) is 9.95. The lowest BCUT2D eigenvalue weighted by Gasteiger charge is -2.26. The Labute approximate surface area is 170 Å².